The van der Waals surface area contributed by atoms with E-state index in [9.17, 15) is 4.79 Å². The van der Waals surface area contributed by atoms with Gasteiger partial charge in [0.05, 0.1) is 29.4 Å². The van der Waals surface area contributed by atoms with Crippen LogP contribution in [0.5, 0.6) is 5.75 Å². The number of anilines is 1. The van der Waals surface area contributed by atoms with Gasteiger partial charge in [-0.2, -0.15) is 0 Å². The van der Waals surface area contributed by atoms with Crippen LogP contribution in [0.15, 0.2) is 54.7 Å². The first-order valence-electron chi connectivity index (χ1n) is 12.1. The molecule has 2 heterocycles. The molecule has 34 heavy (non-hydrogen) atoms. The molecule has 1 atom stereocenters. The molecule has 0 radical (unpaired) electrons. The number of amides is 1. The van der Waals surface area contributed by atoms with Gasteiger partial charge in [0.25, 0.3) is 5.91 Å². The molecular weight excluding hydrogens is 422 g/mol. The molecule has 1 aliphatic carbocycles. The fourth-order valence-corrected chi connectivity index (χ4v) is 5.17. The molecule has 0 fully saturated rings. The summed E-state index contributed by atoms with van der Waals surface area (Å²) in [7, 11) is 3.98. The highest BCUT2D eigenvalue weighted by molar-refractivity contribution is 6.09. The summed E-state index contributed by atoms with van der Waals surface area (Å²) in [5.74, 6) is 0.737. The van der Waals surface area contributed by atoms with Gasteiger partial charge in [-0.3, -0.25) is 9.78 Å². The second-order valence-electron chi connectivity index (χ2n) is 10.4. The van der Waals surface area contributed by atoms with Crippen LogP contribution in [0, 0.1) is 5.41 Å². The summed E-state index contributed by atoms with van der Waals surface area (Å²) in [5.41, 5.74) is 6.38. The third kappa shape index (κ3) is 4.15. The second-order valence-corrected chi connectivity index (χ2v) is 10.4. The Hall–Kier alpha value is -3.34. The summed E-state index contributed by atoms with van der Waals surface area (Å²) in [5, 5.41) is 4.25. The maximum absolute atomic E-state index is 13.5. The number of ether oxygens (including phenoxy) is 1. The molecule has 0 saturated heterocycles. The van der Waals surface area contributed by atoms with Crippen molar-refractivity contribution in [3.05, 3.63) is 71.4 Å². The number of carbonyl (C=O) groups excluding carboxylic acids is 1. The molecule has 5 nitrogen and oxygen atoms in total. The number of benzene rings is 2. The summed E-state index contributed by atoms with van der Waals surface area (Å²) in [6, 6.07) is 14.2. The molecule has 1 unspecified atom stereocenters. The number of allylic oxidation sites excluding steroid dienone is 2. The third-order valence-electron chi connectivity index (χ3n) is 7.14. The molecular formula is C29H33N3O2. The number of fused-ring (bicyclic) bond motifs is 2. The molecule has 1 aliphatic heterocycles. The van der Waals surface area contributed by atoms with Gasteiger partial charge in [0.1, 0.15) is 5.75 Å². The Balaban J connectivity index is 1.52. The lowest BCUT2D eigenvalue weighted by Gasteiger charge is -2.29. The van der Waals surface area contributed by atoms with E-state index in [1.807, 2.05) is 43.3 Å². The Labute approximate surface area is 201 Å². The van der Waals surface area contributed by atoms with Crippen LogP contribution in [0.25, 0.3) is 16.5 Å². The van der Waals surface area contributed by atoms with Crippen LogP contribution >= 0.6 is 0 Å². The number of hydrogen-bond acceptors (Lipinski definition) is 4. The number of hydrogen-bond donors (Lipinski definition) is 1. The van der Waals surface area contributed by atoms with E-state index in [0.29, 0.717) is 17.6 Å². The highest BCUT2D eigenvalue weighted by Crippen LogP contribution is 2.41. The minimum Gasteiger partial charge on any atom is -0.493 e. The second kappa shape index (κ2) is 8.79. The summed E-state index contributed by atoms with van der Waals surface area (Å²) in [4.78, 5) is 20.4. The summed E-state index contributed by atoms with van der Waals surface area (Å²) in [6.45, 7) is 5.24. The maximum Gasteiger partial charge on any atom is 0.255 e. The summed E-state index contributed by atoms with van der Waals surface area (Å²) in [6.07, 6.45) is 8.16. The van der Waals surface area contributed by atoms with Crippen LogP contribution in [0.1, 0.15) is 67.1 Å². The van der Waals surface area contributed by atoms with E-state index in [-0.39, 0.29) is 11.9 Å². The summed E-state index contributed by atoms with van der Waals surface area (Å²) >= 11 is 0. The number of nitrogens with zero attached hydrogens (tertiary/aromatic N) is 2. The Morgan fingerprint density at radius 3 is 2.74 bits per heavy atom. The van der Waals surface area contributed by atoms with Gasteiger partial charge < -0.3 is 15.0 Å². The summed E-state index contributed by atoms with van der Waals surface area (Å²) < 4.78 is 5.77. The molecule has 1 amide bonds. The van der Waals surface area contributed by atoms with Crippen molar-refractivity contribution in [3.63, 3.8) is 0 Å². The first-order chi connectivity index (χ1) is 16.3. The van der Waals surface area contributed by atoms with Crippen molar-refractivity contribution >= 4 is 28.1 Å². The number of aromatic nitrogens is 1. The largest absolute Gasteiger partial charge is 0.493 e. The smallest absolute Gasteiger partial charge is 0.255 e. The van der Waals surface area contributed by atoms with Crippen molar-refractivity contribution < 1.29 is 9.53 Å². The van der Waals surface area contributed by atoms with Crippen LogP contribution < -0.4 is 15.0 Å². The lowest BCUT2D eigenvalue weighted by Crippen LogP contribution is -2.33. The first-order valence-corrected chi connectivity index (χ1v) is 12.1. The normalized spacial score (nSPS) is 19.1. The van der Waals surface area contributed by atoms with Gasteiger partial charge in [0.2, 0.25) is 0 Å². The molecule has 1 N–H and O–H groups in total. The molecule has 0 bridgehead atoms. The SMILES string of the molecule is CN(C)c1c(C(=O)NC2CCOc3ccccc32)cnc2c(C3=CCC(C)(C)CC3)cccc12. The van der Waals surface area contributed by atoms with E-state index >= 15 is 0 Å². The molecule has 0 saturated carbocycles. The molecule has 3 aromatic rings. The van der Waals surface area contributed by atoms with E-state index < -0.39 is 0 Å². The zero-order chi connectivity index (χ0) is 23.9. The standard InChI is InChI=1S/C29H33N3O2/c1-29(2)15-12-19(13-16-29)20-9-7-10-22-26(20)30-18-23(27(22)32(3)4)28(33)31-24-14-17-34-25-11-6-5-8-21(24)25/h5-12,18,24H,13-17H2,1-4H3,(H,31,33). The molecule has 176 valence electrons. The number of carbonyl (C=O) groups is 1. The van der Waals surface area contributed by atoms with Gasteiger partial charge in [-0.05, 0) is 36.3 Å². The van der Waals surface area contributed by atoms with Gasteiger partial charge >= 0.3 is 0 Å². The van der Waals surface area contributed by atoms with Crippen LogP contribution in [0.2, 0.25) is 0 Å². The predicted octanol–water partition coefficient (Wildman–Crippen LogP) is 6.15. The van der Waals surface area contributed by atoms with E-state index in [0.717, 1.165) is 47.2 Å². The Morgan fingerprint density at radius 1 is 1.15 bits per heavy atom. The lowest BCUT2D eigenvalue weighted by atomic mass is 9.77. The van der Waals surface area contributed by atoms with Crippen molar-refractivity contribution in [2.24, 2.45) is 5.41 Å². The van der Waals surface area contributed by atoms with Crippen molar-refractivity contribution in [2.75, 3.05) is 25.6 Å². The zero-order valence-electron chi connectivity index (χ0n) is 20.5. The Bertz CT molecular complexity index is 1280. The molecule has 5 heteroatoms. The average Bonchev–Trinajstić information content (AvgIpc) is 2.83. The molecule has 1 aromatic heterocycles. The minimum absolute atomic E-state index is 0.0785. The monoisotopic (exact) mass is 455 g/mol. The minimum atomic E-state index is -0.108. The Kier molecular flexibility index (Phi) is 5.80. The van der Waals surface area contributed by atoms with Crippen molar-refractivity contribution in [1.29, 1.82) is 0 Å². The van der Waals surface area contributed by atoms with Gasteiger partial charge in [-0.15, -0.1) is 0 Å². The fourth-order valence-electron chi connectivity index (χ4n) is 5.17. The van der Waals surface area contributed by atoms with Crippen LogP contribution in [-0.4, -0.2) is 31.6 Å². The highest BCUT2D eigenvalue weighted by atomic mass is 16.5. The lowest BCUT2D eigenvalue weighted by molar-refractivity contribution is 0.0925. The molecule has 5 rings (SSSR count). The predicted molar refractivity (Wildman–Crippen MR) is 138 cm³/mol. The molecule has 2 aliphatic rings. The van der Waals surface area contributed by atoms with Crippen molar-refractivity contribution in [3.8, 4) is 5.75 Å². The van der Waals surface area contributed by atoms with Crippen LogP contribution in [0.3, 0.4) is 0 Å². The number of nitrogens with one attached hydrogen (secondary N) is 1. The number of para-hydroxylation sites is 2. The first kappa shape index (κ1) is 22.5. The van der Waals surface area contributed by atoms with Gasteiger partial charge in [-0.1, -0.05) is 56.3 Å². The fraction of sp³-hybridized carbons (Fsp3) is 0.379. The maximum atomic E-state index is 13.5. The highest BCUT2D eigenvalue weighted by Gasteiger charge is 2.27. The van der Waals surface area contributed by atoms with E-state index in [1.54, 1.807) is 6.20 Å². The molecule has 0 spiro atoms. The quantitative estimate of drug-likeness (QED) is 0.513. The Morgan fingerprint density at radius 2 is 1.97 bits per heavy atom. The zero-order valence-corrected chi connectivity index (χ0v) is 20.5. The average molecular weight is 456 g/mol. The van der Waals surface area contributed by atoms with Crippen LogP contribution in [0.4, 0.5) is 5.69 Å². The van der Waals surface area contributed by atoms with Crippen molar-refractivity contribution in [1.82, 2.24) is 10.3 Å². The van der Waals surface area contributed by atoms with E-state index in [4.69, 9.17) is 9.72 Å². The van der Waals surface area contributed by atoms with Gasteiger partial charge in [0, 0.05) is 43.2 Å². The topological polar surface area (TPSA) is 54.5 Å². The van der Waals surface area contributed by atoms with Gasteiger partial charge in [0.15, 0.2) is 0 Å². The van der Waals surface area contributed by atoms with Gasteiger partial charge in [-0.25, -0.2) is 0 Å². The third-order valence-corrected chi connectivity index (χ3v) is 7.14. The van der Waals surface area contributed by atoms with Crippen molar-refractivity contribution in [2.45, 2.75) is 45.6 Å². The van der Waals surface area contributed by atoms with E-state index in [2.05, 4.69) is 43.4 Å². The van der Waals surface area contributed by atoms with Crippen LogP contribution in [-0.2, 0) is 0 Å². The number of rotatable bonds is 4. The molecule has 2 aromatic carbocycles. The number of pyridine rings is 1. The van der Waals surface area contributed by atoms with E-state index in [1.165, 1.54) is 17.6 Å².